The van der Waals surface area contributed by atoms with Crippen LogP contribution in [0.4, 0.5) is 11.5 Å². The van der Waals surface area contributed by atoms with Crippen molar-refractivity contribution in [3.63, 3.8) is 0 Å². The van der Waals surface area contributed by atoms with Crippen molar-refractivity contribution in [3.05, 3.63) is 47.8 Å². The molecule has 3 N–H and O–H groups in total. The van der Waals surface area contributed by atoms with Crippen LogP contribution in [0.1, 0.15) is 17.5 Å². The standard InChI is InChI=1S/C28H33N7O2/c1-17-10-19(11-18(2)26(17)35-7-5-34(3)6-8-35)24-13-22-23(15-31-28(22)33-32-24)20-12-25(27(29)30-14-20)37-21-4-9-36-16-21/h10-15,21H,4-9,16H2,1-3H3,(H2,29,30)(H,31,33). The molecule has 6 rings (SSSR count). The molecule has 5 heterocycles. The summed E-state index contributed by atoms with van der Waals surface area (Å²) in [4.78, 5) is 12.5. The largest absolute Gasteiger partial charge is 0.484 e. The minimum Gasteiger partial charge on any atom is -0.484 e. The van der Waals surface area contributed by atoms with E-state index in [1.54, 1.807) is 6.20 Å². The topological polar surface area (TPSA) is 105 Å². The summed E-state index contributed by atoms with van der Waals surface area (Å²) in [5.41, 5.74) is 14.5. The van der Waals surface area contributed by atoms with E-state index in [9.17, 15) is 0 Å². The number of nitrogens with one attached hydrogen (secondary N) is 1. The molecule has 1 aromatic carbocycles. The zero-order chi connectivity index (χ0) is 25.5. The quantitative estimate of drug-likeness (QED) is 0.427. The van der Waals surface area contributed by atoms with Crippen LogP contribution in [-0.4, -0.2) is 77.6 Å². The van der Waals surface area contributed by atoms with Gasteiger partial charge in [-0.2, -0.15) is 0 Å². The summed E-state index contributed by atoms with van der Waals surface area (Å²) in [6.07, 6.45) is 4.56. The molecular formula is C28H33N7O2. The van der Waals surface area contributed by atoms with Gasteiger partial charge in [-0.3, -0.25) is 0 Å². The summed E-state index contributed by atoms with van der Waals surface area (Å²) in [6, 6.07) is 8.49. The molecule has 0 amide bonds. The Bertz CT molecular complexity index is 1410. The lowest BCUT2D eigenvalue weighted by Gasteiger charge is -2.36. The fourth-order valence-corrected chi connectivity index (χ4v) is 5.42. The van der Waals surface area contributed by atoms with Crippen LogP contribution in [0.25, 0.3) is 33.4 Å². The first-order valence-corrected chi connectivity index (χ1v) is 12.9. The average Bonchev–Trinajstić information content (AvgIpc) is 3.56. The molecule has 0 radical (unpaired) electrons. The van der Waals surface area contributed by atoms with Gasteiger partial charge in [-0.1, -0.05) is 0 Å². The predicted molar refractivity (Wildman–Crippen MR) is 146 cm³/mol. The number of nitrogens with zero attached hydrogens (tertiary/aromatic N) is 5. The number of piperazine rings is 1. The maximum atomic E-state index is 6.12. The first kappa shape index (κ1) is 23.7. The van der Waals surface area contributed by atoms with Gasteiger partial charge in [-0.05, 0) is 56.3 Å². The van der Waals surface area contributed by atoms with Crippen LogP contribution < -0.4 is 15.4 Å². The molecule has 9 heteroatoms. The number of rotatable bonds is 5. The number of aryl methyl sites for hydroxylation is 2. The van der Waals surface area contributed by atoms with E-state index >= 15 is 0 Å². The van der Waals surface area contributed by atoms with Gasteiger partial charge in [0.05, 0.1) is 18.9 Å². The van der Waals surface area contributed by atoms with Gasteiger partial charge < -0.3 is 30.0 Å². The molecule has 3 aromatic heterocycles. The molecule has 1 unspecified atom stereocenters. The molecule has 0 bridgehead atoms. The van der Waals surface area contributed by atoms with Crippen molar-refractivity contribution >= 4 is 22.5 Å². The number of nitrogen functional groups attached to an aromatic ring is 1. The normalized spacial score (nSPS) is 18.6. The van der Waals surface area contributed by atoms with Crippen LogP contribution in [0.5, 0.6) is 5.75 Å². The van der Waals surface area contributed by atoms with Gasteiger partial charge in [0.2, 0.25) is 0 Å². The summed E-state index contributed by atoms with van der Waals surface area (Å²) in [7, 11) is 2.18. The molecular weight excluding hydrogens is 466 g/mol. The van der Waals surface area contributed by atoms with E-state index in [4.69, 9.17) is 15.2 Å². The first-order chi connectivity index (χ1) is 18.0. The van der Waals surface area contributed by atoms with Gasteiger partial charge >= 0.3 is 0 Å². The van der Waals surface area contributed by atoms with Crippen LogP contribution in [0, 0.1) is 13.8 Å². The highest BCUT2D eigenvalue weighted by Crippen LogP contribution is 2.35. The zero-order valence-corrected chi connectivity index (χ0v) is 21.6. The minimum atomic E-state index is 0.0000787. The average molecular weight is 500 g/mol. The molecule has 4 aromatic rings. The van der Waals surface area contributed by atoms with Gasteiger partial charge in [0.25, 0.3) is 0 Å². The molecule has 9 nitrogen and oxygen atoms in total. The number of hydrogen-bond donors (Lipinski definition) is 2. The Labute approximate surface area is 216 Å². The zero-order valence-electron chi connectivity index (χ0n) is 21.6. The van der Waals surface area contributed by atoms with Crippen LogP contribution in [-0.2, 0) is 4.74 Å². The Balaban J connectivity index is 1.33. The number of anilines is 2. The van der Waals surface area contributed by atoms with Gasteiger partial charge in [0.1, 0.15) is 6.10 Å². The van der Waals surface area contributed by atoms with E-state index in [1.807, 2.05) is 12.3 Å². The molecule has 2 aliphatic rings. The fraction of sp³-hybridized carbons (Fsp3) is 0.393. The summed E-state index contributed by atoms with van der Waals surface area (Å²) in [5, 5.41) is 10.0. The highest BCUT2D eigenvalue weighted by atomic mass is 16.5. The molecule has 0 saturated carbocycles. The number of likely N-dealkylation sites (N-methyl/N-ethyl adjacent to an activating group) is 1. The second-order valence-electron chi connectivity index (χ2n) is 10.2. The first-order valence-electron chi connectivity index (χ1n) is 12.9. The predicted octanol–water partition coefficient (Wildman–Crippen LogP) is 3.81. The summed E-state index contributed by atoms with van der Waals surface area (Å²) in [5.74, 6) is 0.956. The fourth-order valence-electron chi connectivity index (χ4n) is 5.42. The summed E-state index contributed by atoms with van der Waals surface area (Å²) in [6.45, 7) is 9.92. The maximum Gasteiger partial charge on any atom is 0.166 e. The van der Waals surface area contributed by atoms with Crippen molar-refractivity contribution in [2.75, 3.05) is 57.1 Å². The van der Waals surface area contributed by atoms with Crippen molar-refractivity contribution in [1.29, 1.82) is 0 Å². The third kappa shape index (κ3) is 4.60. The van der Waals surface area contributed by atoms with Crippen molar-refractivity contribution in [3.8, 4) is 28.1 Å². The number of hydrogen-bond acceptors (Lipinski definition) is 8. The smallest absolute Gasteiger partial charge is 0.166 e. The minimum absolute atomic E-state index is 0.0000787. The Morgan fingerprint density at radius 3 is 2.54 bits per heavy atom. The number of H-pyrrole nitrogens is 1. The Kier molecular flexibility index (Phi) is 6.18. The van der Waals surface area contributed by atoms with Crippen molar-refractivity contribution in [2.24, 2.45) is 0 Å². The van der Waals surface area contributed by atoms with Crippen molar-refractivity contribution in [2.45, 2.75) is 26.4 Å². The maximum absolute atomic E-state index is 6.12. The third-order valence-electron chi connectivity index (χ3n) is 7.42. The third-order valence-corrected chi connectivity index (χ3v) is 7.42. The molecule has 2 fully saturated rings. The molecule has 0 aliphatic carbocycles. The molecule has 0 spiro atoms. The Hall–Kier alpha value is -3.69. The molecule has 37 heavy (non-hydrogen) atoms. The van der Waals surface area contributed by atoms with Crippen LogP contribution in [0.15, 0.2) is 36.7 Å². The molecule has 192 valence electrons. The van der Waals surface area contributed by atoms with Gasteiger partial charge in [0, 0.05) is 72.8 Å². The van der Waals surface area contributed by atoms with E-state index in [0.717, 1.165) is 66.0 Å². The number of aromatic amines is 1. The van der Waals surface area contributed by atoms with Crippen molar-refractivity contribution in [1.82, 2.24) is 25.1 Å². The number of pyridine rings is 1. The lowest BCUT2D eigenvalue weighted by atomic mass is 9.99. The number of ether oxygens (including phenoxy) is 2. The monoisotopic (exact) mass is 499 g/mol. The second-order valence-corrected chi connectivity index (χ2v) is 10.2. The lowest BCUT2D eigenvalue weighted by molar-refractivity contribution is 0.141. The summed E-state index contributed by atoms with van der Waals surface area (Å²) < 4.78 is 11.5. The van der Waals surface area contributed by atoms with Gasteiger partial charge in [-0.25, -0.2) is 4.98 Å². The van der Waals surface area contributed by atoms with E-state index in [0.29, 0.717) is 24.8 Å². The van der Waals surface area contributed by atoms with Crippen LogP contribution in [0.2, 0.25) is 0 Å². The van der Waals surface area contributed by atoms with E-state index in [1.165, 1.54) is 16.8 Å². The van der Waals surface area contributed by atoms with Crippen LogP contribution >= 0.6 is 0 Å². The molecule has 2 saturated heterocycles. The number of benzene rings is 1. The Morgan fingerprint density at radius 1 is 1.03 bits per heavy atom. The number of nitrogens with two attached hydrogens (primary N) is 1. The lowest BCUT2D eigenvalue weighted by Crippen LogP contribution is -2.45. The Morgan fingerprint density at radius 2 is 1.81 bits per heavy atom. The van der Waals surface area contributed by atoms with E-state index in [-0.39, 0.29) is 6.10 Å². The number of aromatic nitrogens is 4. The van der Waals surface area contributed by atoms with Gasteiger partial charge in [0.15, 0.2) is 17.2 Å². The molecule has 2 aliphatic heterocycles. The van der Waals surface area contributed by atoms with Gasteiger partial charge in [-0.15, -0.1) is 10.2 Å². The highest BCUT2D eigenvalue weighted by molar-refractivity contribution is 5.95. The SMILES string of the molecule is Cc1cc(-c2cc3c(-c4cnc(N)c(OC5CCOC5)c4)c[nH]c3nn2)cc(C)c1N1CCN(C)CC1. The van der Waals surface area contributed by atoms with E-state index < -0.39 is 0 Å². The van der Waals surface area contributed by atoms with Crippen LogP contribution in [0.3, 0.4) is 0 Å². The summed E-state index contributed by atoms with van der Waals surface area (Å²) >= 11 is 0. The highest BCUT2D eigenvalue weighted by Gasteiger charge is 2.21. The van der Waals surface area contributed by atoms with Crippen molar-refractivity contribution < 1.29 is 9.47 Å². The van der Waals surface area contributed by atoms with E-state index in [2.05, 4.69) is 69.1 Å². The number of fused-ring (bicyclic) bond motifs is 1. The second kappa shape index (κ2) is 9.64. The molecule has 1 atom stereocenters.